The minimum Gasteiger partial charge on any atom is -0.482 e. The second kappa shape index (κ2) is 8.69. The number of nitrogens with one attached hydrogen (secondary N) is 1. The number of halogens is 3. The molecule has 1 atom stereocenters. The van der Waals surface area contributed by atoms with Gasteiger partial charge in [-0.3, -0.25) is 4.79 Å². The lowest BCUT2D eigenvalue weighted by Crippen LogP contribution is -2.31. The maximum atomic E-state index is 12.8. The zero-order valence-corrected chi connectivity index (χ0v) is 14.6. The lowest BCUT2D eigenvalue weighted by molar-refractivity contribution is -0.155. The summed E-state index contributed by atoms with van der Waals surface area (Å²) in [7, 11) is 0. The Labute approximate surface area is 153 Å². The fourth-order valence-corrected chi connectivity index (χ4v) is 2.24. The second-order valence-corrected chi connectivity index (χ2v) is 5.83. The zero-order chi connectivity index (χ0) is 18.4. The summed E-state index contributed by atoms with van der Waals surface area (Å²) in [6.45, 7) is 1.000. The van der Waals surface area contributed by atoms with Gasteiger partial charge >= 0.3 is 5.97 Å². The molecule has 0 aliphatic rings. The molecule has 0 heterocycles. The molecule has 0 fully saturated rings. The highest BCUT2D eigenvalue weighted by atomic mass is 35.5. The van der Waals surface area contributed by atoms with Crippen LogP contribution in [-0.4, -0.2) is 24.6 Å². The van der Waals surface area contributed by atoms with Gasteiger partial charge in [-0.1, -0.05) is 23.2 Å². The lowest BCUT2D eigenvalue weighted by atomic mass is 10.3. The van der Waals surface area contributed by atoms with E-state index in [2.05, 4.69) is 5.32 Å². The van der Waals surface area contributed by atoms with Crippen LogP contribution in [0, 0.1) is 5.82 Å². The maximum absolute atomic E-state index is 12.8. The SMILES string of the molecule is C[C@H](OC(=O)COc1ccc(F)cc1)C(=O)Nc1ccc(Cl)cc1Cl. The number of rotatable bonds is 6. The molecule has 8 heteroatoms. The van der Waals surface area contributed by atoms with E-state index in [1.165, 1.54) is 43.3 Å². The van der Waals surface area contributed by atoms with Crippen LogP contribution in [0.4, 0.5) is 10.1 Å². The molecule has 0 aliphatic carbocycles. The van der Waals surface area contributed by atoms with Gasteiger partial charge in [-0.25, -0.2) is 9.18 Å². The summed E-state index contributed by atoms with van der Waals surface area (Å²) in [5.41, 5.74) is 0.349. The number of ether oxygens (including phenoxy) is 2. The van der Waals surface area contributed by atoms with Gasteiger partial charge in [-0.05, 0) is 49.4 Å². The summed E-state index contributed by atoms with van der Waals surface area (Å²) in [6, 6.07) is 9.73. The fourth-order valence-electron chi connectivity index (χ4n) is 1.78. The number of benzene rings is 2. The number of esters is 1. The van der Waals surface area contributed by atoms with Crippen LogP contribution in [-0.2, 0) is 14.3 Å². The standard InChI is InChI=1S/C17H14Cl2FNO4/c1-10(17(23)21-15-7-2-11(18)8-14(15)19)25-16(22)9-24-13-5-3-12(20)4-6-13/h2-8,10H,9H2,1H3,(H,21,23)/t10-/m0/s1. The Morgan fingerprint density at radius 2 is 1.84 bits per heavy atom. The van der Waals surface area contributed by atoms with E-state index in [4.69, 9.17) is 32.7 Å². The lowest BCUT2D eigenvalue weighted by Gasteiger charge is -2.14. The van der Waals surface area contributed by atoms with Gasteiger partial charge in [0.05, 0.1) is 10.7 Å². The van der Waals surface area contributed by atoms with Gasteiger partial charge < -0.3 is 14.8 Å². The Morgan fingerprint density at radius 1 is 1.16 bits per heavy atom. The third-order valence-electron chi connectivity index (χ3n) is 3.04. The Bertz CT molecular complexity index is 768. The normalized spacial score (nSPS) is 11.5. The molecule has 0 aliphatic heterocycles. The van der Waals surface area contributed by atoms with E-state index in [1.54, 1.807) is 6.07 Å². The maximum Gasteiger partial charge on any atom is 0.344 e. The van der Waals surface area contributed by atoms with Crippen LogP contribution in [0.1, 0.15) is 6.92 Å². The molecule has 0 radical (unpaired) electrons. The van der Waals surface area contributed by atoms with Crippen molar-refractivity contribution in [2.75, 3.05) is 11.9 Å². The molecule has 0 unspecified atom stereocenters. The van der Waals surface area contributed by atoms with E-state index in [-0.39, 0.29) is 5.02 Å². The predicted octanol–water partition coefficient (Wildman–Crippen LogP) is 4.08. The molecule has 0 spiro atoms. The Kier molecular flexibility index (Phi) is 6.61. The number of anilines is 1. The van der Waals surface area contributed by atoms with Crippen LogP contribution < -0.4 is 10.1 Å². The second-order valence-electron chi connectivity index (χ2n) is 4.99. The summed E-state index contributed by atoms with van der Waals surface area (Å²) in [6.07, 6.45) is -1.06. The first-order valence-electron chi connectivity index (χ1n) is 7.19. The smallest absolute Gasteiger partial charge is 0.344 e. The third-order valence-corrected chi connectivity index (χ3v) is 3.58. The number of carbonyl (C=O) groups is 2. The molecular formula is C17H14Cl2FNO4. The number of hydrogen-bond acceptors (Lipinski definition) is 4. The monoisotopic (exact) mass is 385 g/mol. The van der Waals surface area contributed by atoms with Crippen LogP contribution in [0.5, 0.6) is 5.75 Å². The average molecular weight is 386 g/mol. The van der Waals surface area contributed by atoms with Crippen LogP contribution in [0.25, 0.3) is 0 Å². The Morgan fingerprint density at radius 3 is 2.48 bits per heavy atom. The van der Waals surface area contributed by atoms with Crippen LogP contribution in [0.2, 0.25) is 10.0 Å². The molecule has 2 aromatic carbocycles. The first-order chi connectivity index (χ1) is 11.8. The highest BCUT2D eigenvalue weighted by Crippen LogP contribution is 2.25. The van der Waals surface area contributed by atoms with Crippen molar-refractivity contribution in [2.24, 2.45) is 0 Å². The number of carbonyl (C=O) groups excluding carboxylic acids is 2. The molecule has 25 heavy (non-hydrogen) atoms. The predicted molar refractivity (Wildman–Crippen MR) is 92.5 cm³/mol. The van der Waals surface area contributed by atoms with E-state index in [9.17, 15) is 14.0 Å². The minimum atomic E-state index is -1.06. The molecule has 1 amide bonds. The van der Waals surface area contributed by atoms with E-state index in [1.807, 2.05) is 0 Å². The minimum absolute atomic E-state index is 0.263. The van der Waals surface area contributed by atoms with Gasteiger partial charge in [0.2, 0.25) is 0 Å². The van der Waals surface area contributed by atoms with Crippen molar-refractivity contribution in [1.82, 2.24) is 0 Å². The first kappa shape index (κ1) is 19.0. The molecule has 0 bridgehead atoms. The molecule has 1 N–H and O–H groups in total. The fraction of sp³-hybridized carbons (Fsp3) is 0.176. The number of amides is 1. The van der Waals surface area contributed by atoms with Crippen LogP contribution >= 0.6 is 23.2 Å². The third kappa shape index (κ3) is 5.92. The summed E-state index contributed by atoms with van der Waals surface area (Å²) < 4.78 is 22.9. The molecular weight excluding hydrogens is 372 g/mol. The molecule has 2 aromatic rings. The first-order valence-corrected chi connectivity index (χ1v) is 7.94. The Hall–Kier alpha value is -2.31. The van der Waals surface area contributed by atoms with Crippen molar-refractivity contribution in [3.63, 3.8) is 0 Å². The van der Waals surface area contributed by atoms with Crippen molar-refractivity contribution in [3.8, 4) is 5.75 Å². The summed E-state index contributed by atoms with van der Waals surface area (Å²) >= 11 is 11.7. The van der Waals surface area contributed by atoms with E-state index < -0.39 is 30.4 Å². The van der Waals surface area contributed by atoms with Gasteiger partial charge in [0.15, 0.2) is 12.7 Å². The summed E-state index contributed by atoms with van der Waals surface area (Å²) in [4.78, 5) is 23.8. The van der Waals surface area contributed by atoms with Crippen molar-refractivity contribution in [1.29, 1.82) is 0 Å². The van der Waals surface area contributed by atoms with Crippen LogP contribution in [0.3, 0.4) is 0 Å². The summed E-state index contributed by atoms with van der Waals surface area (Å²) in [5, 5.41) is 3.23. The highest BCUT2D eigenvalue weighted by molar-refractivity contribution is 6.36. The van der Waals surface area contributed by atoms with E-state index in [0.29, 0.717) is 16.5 Å². The average Bonchev–Trinajstić information content (AvgIpc) is 2.56. The Balaban J connectivity index is 1.83. The van der Waals surface area contributed by atoms with E-state index >= 15 is 0 Å². The molecule has 5 nitrogen and oxygen atoms in total. The molecule has 0 aromatic heterocycles. The van der Waals surface area contributed by atoms with Gasteiger partial charge in [0, 0.05) is 5.02 Å². The highest BCUT2D eigenvalue weighted by Gasteiger charge is 2.19. The van der Waals surface area contributed by atoms with Gasteiger partial charge in [-0.15, -0.1) is 0 Å². The molecule has 2 rings (SSSR count). The quantitative estimate of drug-likeness (QED) is 0.760. The van der Waals surface area contributed by atoms with Crippen molar-refractivity contribution in [2.45, 2.75) is 13.0 Å². The van der Waals surface area contributed by atoms with Crippen molar-refractivity contribution in [3.05, 3.63) is 58.3 Å². The summed E-state index contributed by atoms with van der Waals surface area (Å²) in [5.74, 6) is -1.40. The molecule has 132 valence electrons. The van der Waals surface area contributed by atoms with E-state index in [0.717, 1.165) is 0 Å². The topological polar surface area (TPSA) is 64.6 Å². The van der Waals surface area contributed by atoms with Crippen molar-refractivity contribution < 1.29 is 23.5 Å². The zero-order valence-electron chi connectivity index (χ0n) is 13.1. The van der Waals surface area contributed by atoms with Gasteiger partial charge in [-0.2, -0.15) is 0 Å². The van der Waals surface area contributed by atoms with Gasteiger partial charge in [0.25, 0.3) is 5.91 Å². The van der Waals surface area contributed by atoms with Crippen LogP contribution in [0.15, 0.2) is 42.5 Å². The molecule has 0 saturated carbocycles. The molecule has 0 saturated heterocycles. The van der Waals surface area contributed by atoms with Gasteiger partial charge in [0.1, 0.15) is 11.6 Å². The largest absolute Gasteiger partial charge is 0.482 e. The number of hydrogen-bond donors (Lipinski definition) is 1. The van der Waals surface area contributed by atoms with Crippen molar-refractivity contribution >= 4 is 40.8 Å².